The first-order valence-corrected chi connectivity index (χ1v) is 5.98. The lowest BCUT2D eigenvalue weighted by molar-refractivity contribution is -0.402. The summed E-state index contributed by atoms with van der Waals surface area (Å²) in [7, 11) is 0. The molecule has 1 aliphatic rings. The number of carbonyl (C=O) groups excluding carboxylic acids is 3. The number of nitrogens with one attached hydrogen (secondary N) is 1. The monoisotopic (exact) mass is 296 g/mol. The number of hydrogen-bond acceptors (Lipinski definition) is 6. The van der Waals surface area contributed by atoms with Crippen LogP contribution < -0.4 is 11.1 Å². The van der Waals surface area contributed by atoms with E-state index < -0.39 is 28.5 Å². The molecule has 0 aliphatic carbocycles. The fraction of sp³-hybridized carbons (Fsp3) is 0.364. The van der Waals surface area contributed by atoms with Crippen LogP contribution in [0.3, 0.4) is 0 Å². The van der Waals surface area contributed by atoms with Gasteiger partial charge in [0.15, 0.2) is 5.76 Å². The minimum absolute atomic E-state index is 0.151. The van der Waals surface area contributed by atoms with Gasteiger partial charge in [0.25, 0.3) is 5.91 Å². The van der Waals surface area contributed by atoms with E-state index in [1.54, 1.807) is 0 Å². The molecular formula is C11H12N4O6. The molecule has 1 saturated heterocycles. The van der Waals surface area contributed by atoms with E-state index in [1.807, 2.05) is 0 Å². The standard InChI is InChI=1S/C11H12N4O6/c12-8(16)3-13-10(17)6-4-14(5-6)11(18)7-1-2-9(21-7)15(19)20/h1-2,6H,3-5H2,(H2,12,16)(H,13,17). The normalized spacial score (nSPS) is 14.4. The van der Waals surface area contributed by atoms with Gasteiger partial charge in [-0.05, 0) is 6.07 Å². The maximum atomic E-state index is 11.9. The van der Waals surface area contributed by atoms with Crippen molar-refractivity contribution in [3.63, 3.8) is 0 Å². The minimum Gasteiger partial charge on any atom is -0.395 e. The van der Waals surface area contributed by atoms with Gasteiger partial charge >= 0.3 is 5.88 Å². The molecule has 3 amide bonds. The third-order valence-corrected chi connectivity index (χ3v) is 2.96. The van der Waals surface area contributed by atoms with Gasteiger partial charge in [0.1, 0.15) is 4.92 Å². The molecule has 21 heavy (non-hydrogen) atoms. The van der Waals surface area contributed by atoms with E-state index in [-0.39, 0.29) is 31.3 Å². The van der Waals surface area contributed by atoms with Crippen LogP contribution in [-0.4, -0.2) is 47.2 Å². The van der Waals surface area contributed by atoms with Gasteiger partial charge in [0, 0.05) is 13.1 Å². The Morgan fingerprint density at radius 2 is 2.10 bits per heavy atom. The number of hydrogen-bond donors (Lipinski definition) is 2. The van der Waals surface area contributed by atoms with Gasteiger partial charge in [-0.15, -0.1) is 0 Å². The molecule has 10 nitrogen and oxygen atoms in total. The highest BCUT2D eigenvalue weighted by molar-refractivity contribution is 5.94. The van der Waals surface area contributed by atoms with Crippen LogP contribution >= 0.6 is 0 Å². The molecule has 0 unspecified atom stereocenters. The second kappa shape index (κ2) is 5.61. The molecular weight excluding hydrogens is 284 g/mol. The van der Waals surface area contributed by atoms with Gasteiger partial charge in [0.2, 0.25) is 11.8 Å². The Bertz CT molecular complexity index is 604. The lowest BCUT2D eigenvalue weighted by Crippen LogP contribution is -2.56. The molecule has 2 heterocycles. The van der Waals surface area contributed by atoms with E-state index in [1.165, 1.54) is 11.0 Å². The first kappa shape index (κ1) is 14.5. The summed E-state index contributed by atoms with van der Waals surface area (Å²) in [5, 5.41) is 12.8. The molecule has 1 aliphatic heterocycles. The number of rotatable bonds is 5. The predicted molar refractivity (Wildman–Crippen MR) is 67.0 cm³/mol. The maximum absolute atomic E-state index is 11.9. The number of likely N-dealkylation sites (tertiary alicyclic amines) is 1. The molecule has 0 radical (unpaired) electrons. The van der Waals surface area contributed by atoms with E-state index >= 15 is 0 Å². The Morgan fingerprint density at radius 1 is 1.43 bits per heavy atom. The van der Waals surface area contributed by atoms with E-state index in [2.05, 4.69) is 5.32 Å². The zero-order chi connectivity index (χ0) is 15.6. The summed E-state index contributed by atoms with van der Waals surface area (Å²) < 4.78 is 4.79. The van der Waals surface area contributed by atoms with Gasteiger partial charge in [-0.2, -0.15) is 0 Å². The Hall–Kier alpha value is -2.91. The molecule has 3 N–H and O–H groups in total. The van der Waals surface area contributed by atoms with Crippen LogP contribution in [0, 0.1) is 16.0 Å². The number of amides is 3. The van der Waals surface area contributed by atoms with Crippen molar-refractivity contribution in [1.29, 1.82) is 0 Å². The molecule has 0 atom stereocenters. The topological polar surface area (TPSA) is 149 Å². The number of nitrogens with zero attached hydrogens (tertiary/aromatic N) is 2. The number of nitro groups is 1. The third-order valence-electron chi connectivity index (χ3n) is 2.96. The number of carbonyl (C=O) groups is 3. The lowest BCUT2D eigenvalue weighted by Gasteiger charge is -2.37. The van der Waals surface area contributed by atoms with Gasteiger partial charge in [-0.3, -0.25) is 24.5 Å². The summed E-state index contributed by atoms with van der Waals surface area (Å²) >= 11 is 0. The van der Waals surface area contributed by atoms with Crippen molar-refractivity contribution >= 4 is 23.6 Å². The molecule has 2 rings (SSSR count). The van der Waals surface area contributed by atoms with Gasteiger partial charge in [-0.25, -0.2) is 0 Å². The summed E-state index contributed by atoms with van der Waals surface area (Å²) in [5.74, 6) is -2.66. The molecule has 1 aromatic heterocycles. The highest BCUT2D eigenvalue weighted by Gasteiger charge is 2.37. The first-order valence-electron chi connectivity index (χ1n) is 5.98. The van der Waals surface area contributed by atoms with Gasteiger partial charge < -0.3 is 20.4 Å². The summed E-state index contributed by atoms with van der Waals surface area (Å²) in [6.07, 6.45) is 0. The fourth-order valence-electron chi connectivity index (χ4n) is 1.83. The fourth-order valence-corrected chi connectivity index (χ4v) is 1.83. The molecule has 1 fully saturated rings. The molecule has 10 heteroatoms. The summed E-state index contributed by atoms with van der Waals surface area (Å²) in [6, 6.07) is 2.30. The van der Waals surface area contributed by atoms with Crippen molar-refractivity contribution < 1.29 is 23.7 Å². The van der Waals surface area contributed by atoms with Crippen LogP contribution in [0.5, 0.6) is 0 Å². The second-order valence-corrected chi connectivity index (χ2v) is 4.49. The highest BCUT2D eigenvalue weighted by atomic mass is 16.6. The van der Waals surface area contributed by atoms with Crippen molar-refractivity contribution in [2.45, 2.75) is 0 Å². The molecule has 112 valence electrons. The smallest absolute Gasteiger partial charge is 0.395 e. The van der Waals surface area contributed by atoms with Crippen molar-refractivity contribution in [1.82, 2.24) is 10.2 Å². The van der Waals surface area contributed by atoms with Crippen LogP contribution in [0.15, 0.2) is 16.5 Å². The van der Waals surface area contributed by atoms with E-state index in [0.29, 0.717) is 0 Å². The number of primary amides is 1. The Kier molecular flexibility index (Phi) is 3.87. The van der Waals surface area contributed by atoms with Crippen LogP contribution in [-0.2, 0) is 9.59 Å². The van der Waals surface area contributed by atoms with Crippen LogP contribution in [0.2, 0.25) is 0 Å². The SMILES string of the molecule is NC(=O)CNC(=O)C1CN(C(=O)c2ccc([N+](=O)[O-])o2)C1. The average molecular weight is 296 g/mol. The molecule has 0 spiro atoms. The summed E-state index contributed by atoms with van der Waals surface area (Å²) in [5.41, 5.74) is 4.89. The quantitative estimate of drug-likeness (QED) is 0.518. The largest absolute Gasteiger partial charge is 0.433 e. The van der Waals surface area contributed by atoms with Crippen LogP contribution in [0.25, 0.3) is 0 Å². The maximum Gasteiger partial charge on any atom is 0.433 e. The van der Waals surface area contributed by atoms with Crippen molar-refractivity contribution in [3.8, 4) is 0 Å². The molecule has 0 aromatic carbocycles. The highest BCUT2D eigenvalue weighted by Crippen LogP contribution is 2.22. The molecule has 0 bridgehead atoms. The Balaban J connectivity index is 1.85. The predicted octanol–water partition coefficient (Wildman–Crippen LogP) is -1.14. The van der Waals surface area contributed by atoms with Crippen molar-refractivity contribution in [2.24, 2.45) is 11.7 Å². The number of furan rings is 1. The van der Waals surface area contributed by atoms with Crippen molar-refractivity contribution in [3.05, 3.63) is 28.0 Å². The van der Waals surface area contributed by atoms with Crippen molar-refractivity contribution in [2.75, 3.05) is 19.6 Å². The van der Waals surface area contributed by atoms with E-state index in [4.69, 9.17) is 10.2 Å². The van der Waals surface area contributed by atoms with Crippen LogP contribution in [0.4, 0.5) is 5.88 Å². The Labute approximate surface area is 118 Å². The average Bonchev–Trinajstić information content (AvgIpc) is 2.84. The first-order chi connectivity index (χ1) is 9.88. The van der Waals surface area contributed by atoms with E-state index in [0.717, 1.165) is 6.07 Å². The second-order valence-electron chi connectivity index (χ2n) is 4.49. The zero-order valence-electron chi connectivity index (χ0n) is 10.8. The van der Waals surface area contributed by atoms with Gasteiger partial charge in [-0.1, -0.05) is 0 Å². The lowest BCUT2D eigenvalue weighted by atomic mass is 9.99. The molecule has 1 aromatic rings. The van der Waals surface area contributed by atoms with E-state index in [9.17, 15) is 24.5 Å². The zero-order valence-corrected chi connectivity index (χ0v) is 10.8. The molecule has 0 saturated carbocycles. The van der Waals surface area contributed by atoms with Gasteiger partial charge in [0.05, 0.1) is 18.5 Å². The summed E-state index contributed by atoms with van der Waals surface area (Å²) in [6.45, 7) is 0.0451. The third kappa shape index (κ3) is 3.16. The summed E-state index contributed by atoms with van der Waals surface area (Å²) in [4.78, 5) is 45.0. The Morgan fingerprint density at radius 3 is 2.62 bits per heavy atom. The minimum atomic E-state index is -0.743. The van der Waals surface area contributed by atoms with Crippen LogP contribution in [0.1, 0.15) is 10.6 Å². The number of nitrogens with two attached hydrogens (primary N) is 1.